The zero-order chi connectivity index (χ0) is 23.1. The monoisotopic (exact) mass is 490 g/mol. The molecule has 0 saturated carbocycles. The summed E-state index contributed by atoms with van der Waals surface area (Å²) in [6, 6.07) is 6.86. The van der Waals surface area contributed by atoms with Gasteiger partial charge in [0.15, 0.2) is 5.16 Å². The van der Waals surface area contributed by atoms with Crippen LogP contribution in [0.2, 0.25) is 0 Å². The van der Waals surface area contributed by atoms with Gasteiger partial charge in [-0.3, -0.25) is 13.9 Å². The molecular formula is C23H24F2N4O2S2. The minimum atomic E-state index is -2.70. The van der Waals surface area contributed by atoms with E-state index in [0.29, 0.717) is 39.6 Å². The van der Waals surface area contributed by atoms with Gasteiger partial charge >= 0.3 is 6.55 Å². The van der Waals surface area contributed by atoms with Gasteiger partial charge in [-0.25, -0.2) is 9.97 Å². The van der Waals surface area contributed by atoms with Crippen molar-refractivity contribution in [2.24, 2.45) is 0 Å². The third-order valence-corrected chi connectivity index (χ3v) is 8.05. The summed E-state index contributed by atoms with van der Waals surface area (Å²) in [7, 11) is 0. The number of para-hydroxylation sites is 2. The van der Waals surface area contributed by atoms with E-state index >= 15 is 0 Å². The van der Waals surface area contributed by atoms with E-state index in [0.717, 1.165) is 34.3 Å². The molecule has 10 heteroatoms. The van der Waals surface area contributed by atoms with Crippen molar-refractivity contribution in [3.63, 3.8) is 0 Å². The van der Waals surface area contributed by atoms with Crippen LogP contribution < -0.4 is 5.56 Å². The highest BCUT2D eigenvalue weighted by molar-refractivity contribution is 7.98. The van der Waals surface area contributed by atoms with Crippen LogP contribution in [0.15, 0.2) is 34.2 Å². The predicted molar refractivity (Wildman–Crippen MR) is 128 cm³/mol. The summed E-state index contributed by atoms with van der Waals surface area (Å²) in [5, 5.41) is 1.18. The summed E-state index contributed by atoms with van der Waals surface area (Å²) < 4.78 is 36.1. The summed E-state index contributed by atoms with van der Waals surface area (Å²) in [6.07, 6.45) is 2.57. The number of halogens is 2. The number of nitrogens with zero attached hydrogens (tertiary/aromatic N) is 4. The summed E-state index contributed by atoms with van der Waals surface area (Å²) >= 11 is 2.78. The molecule has 4 aromatic rings. The van der Waals surface area contributed by atoms with Crippen LogP contribution in [-0.4, -0.2) is 31.8 Å². The maximum Gasteiger partial charge on any atom is 0.320 e. The molecule has 1 saturated heterocycles. The number of benzene rings is 1. The molecule has 6 nitrogen and oxygen atoms in total. The van der Waals surface area contributed by atoms with Gasteiger partial charge < -0.3 is 4.74 Å². The van der Waals surface area contributed by atoms with Crippen LogP contribution in [0.4, 0.5) is 8.78 Å². The molecule has 174 valence electrons. The first-order chi connectivity index (χ1) is 16.0. The summed E-state index contributed by atoms with van der Waals surface area (Å²) in [5.74, 6) is 0.429. The molecule has 5 rings (SSSR count). The molecule has 0 bridgehead atoms. The van der Waals surface area contributed by atoms with Crippen molar-refractivity contribution in [1.82, 2.24) is 19.1 Å². The molecule has 1 fully saturated rings. The van der Waals surface area contributed by atoms with E-state index in [1.165, 1.54) is 23.1 Å². The highest BCUT2D eigenvalue weighted by atomic mass is 32.2. The van der Waals surface area contributed by atoms with Gasteiger partial charge in [-0.1, -0.05) is 30.8 Å². The van der Waals surface area contributed by atoms with Crippen molar-refractivity contribution in [2.75, 3.05) is 6.61 Å². The number of ether oxygens (including phenoxy) is 1. The maximum absolute atomic E-state index is 13.9. The SMILES string of the molecule is CCc1c(C)sc2nc(SCc3nc4ccccc4n3C(F)F)n(CC3CCCO3)c(=O)c12. The Labute approximate surface area is 197 Å². The fraction of sp³-hybridized carbons (Fsp3) is 0.435. The smallest absolute Gasteiger partial charge is 0.320 e. The number of rotatable bonds is 7. The zero-order valence-corrected chi connectivity index (χ0v) is 20.0. The Morgan fingerprint density at radius 1 is 1.30 bits per heavy atom. The largest absolute Gasteiger partial charge is 0.376 e. The Hall–Kier alpha value is -2.30. The van der Waals surface area contributed by atoms with Gasteiger partial charge in [-0.2, -0.15) is 8.78 Å². The van der Waals surface area contributed by atoms with Crippen molar-refractivity contribution in [2.45, 2.75) is 63.2 Å². The van der Waals surface area contributed by atoms with Crippen LogP contribution in [0.1, 0.15) is 42.6 Å². The van der Waals surface area contributed by atoms with Gasteiger partial charge in [0.25, 0.3) is 5.56 Å². The molecule has 3 aromatic heterocycles. The summed E-state index contributed by atoms with van der Waals surface area (Å²) in [4.78, 5) is 24.6. The van der Waals surface area contributed by atoms with Crippen LogP contribution in [0.5, 0.6) is 0 Å². The number of fused-ring (bicyclic) bond motifs is 2. The quantitative estimate of drug-likeness (QED) is 0.251. The Morgan fingerprint density at radius 2 is 2.12 bits per heavy atom. The number of thioether (sulfide) groups is 1. The zero-order valence-electron chi connectivity index (χ0n) is 18.4. The molecule has 1 atom stereocenters. The minimum absolute atomic E-state index is 0.0447. The van der Waals surface area contributed by atoms with Gasteiger partial charge in [0.1, 0.15) is 10.7 Å². The molecule has 0 N–H and O–H groups in total. The van der Waals surface area contributed by atoms with Gasteiger partial charge in [0.2, 0.25) is 0 Å². The average Bonchev–Trinajstić information content (AvgIpc) is 3.50. The van der Waals surface area contributed by atoms with Crippen LogP contribution >= 0.6 is 23.1 Å². The van der Waals surface area contributed by atoms with Crippen LogP contribution in [0, 0.1) is 6.92 Å². The molecule has 1 aliphatic rings. The number of alkyl halides is 2. The van der Waals surface area contributed by atoms with E-state index in [1.807, 2.05) is 13.8 Å². The molecule has 1 unspecified atom stereocenters. The molecular weight excluding hydrogens is 466 g/mol. The maximum atomic E-state index is 13.9. The normalized spacial score (nSPS) is 16.6. The second-order valence-corrected chi connectivity index (χ2v) is 10.2. The van der Waals surface area contributed by atoms with Crippen LogP contribution in [0.3, 0.4) is 0 Å². The van der Waals surface area contributed by atoms with Crippen molar-refractivity contribution >= 4 is 44.3 Å². The van der Waals surface area contributed by atoms with Crippen molar-refractivity contribution < 1.29 is 13.5 Å². The fourth-order valence-corrected chi connectivity index (χ4v) is 6.56. The molecule has 33 heavy (non-hydrogen) atoms. The Balaban J connectivity index is 1.57. The number of aryl methyl sites for hydroxylation is 2. The lowest BCUT2D eigenvalue weighted by Crippen LogP contribution is -2.29. The summed E-state index contributed by atoms with van der Waals surface area (Å²) in [5.41, 5.74) is 1.87. The first kappa shape index (κ1) is 22.5. The van der Waals surface area contributed by atoms with E-state index in [2.05, 4.69) is 4.98 Å². The Kier molecular flexibility index (Phi) is 6.24. The van der Waals surface area contributed by atoms with Gasteiger partial charge in [-0.05, 0) is 43.9 Å². The highest BCUT2D eigenvalue weighted by Crippen LogP contribution is 2.32. The standard InChI is InChI=1S/C23H24F2N4O2S2/c1-3-15-13(2)33-20-19(15)21(30)28(11-14-7-6-10-31-14)23(27-20)32-12-18-26-16-8-4-5-9-17(16)29(18)22(24)25/h4-5,8-9,14,22H,3,6-7,10-12H2,1-2H3. The number of thiophene rings is 1. The third kappa shape index (κ3) is 4.08. The number of hydrogen-bond donors (Lipinski definition) is 0. The molecule has 0 aliphatic carbocycles. The topological polar surface area (TPSA) is 61.9 Å². The number of hydrogen-bond acceptors (Lipinski definition) is 6. The predicted octanol–water partition coefficient (Wildman–Crippen LogP) is 5.54. The molecule has 4 heterocycles. The van der Waals surface area contributed by atoms with Gasteiger partial charge in [-0.15, -0.1) is 11.3 Å². The highest BCUT2D eigenvalue weighted by Gasteiger charge is 2.24. The fourth-order valence-electron chi connectivity index (χ4n) is 4.46. The van der Waals surface area contributed by atoms with Crippen molar-refractivity contribution in [1.29, 1.82) is 0 Å². The lowest BCUT2D eigenvalue weighted by molar-refractivity contribution is 0.0722. The number of imidazole rings is 1. The molecule has 0 radical (unpaired) electrons. The van der Waals surface area contributed by atoms with E-state index < -0.39 is 6.55 Å². The first-order valence-electron chi connectivity index (χ1n) is 11.0. The lowest BCUT2D eigenvalue weighted by atomic mass is 10.1. The minimum Gasteiger partial charge on any atom is -0.376 e. The van der Waals surface area contributed by atoms with Crippen molar-refractivity contribution in [3.05, 3.63) is 50.9 Å². The Morgan fingerprint density at radius 3 is 2.85 bits per heavy atom. The van der Waals surface area contributed by atoms with Crippen LogP contribution in [-0.2, 0) is 23.5 Å². The molecule has 0 spiro atoms. The Bertz CT molecular complexity index is 1370. The second-order valence-electron chi connectivity index (χ2n) is 8.07. The average molecular weight is 491 g/mol. The third-order valence-electron chi connectivity index (χ3n) is 6.04. The first-order valence-corrected chi connectivity index (χ1v) is 12.8. The van der Waals surface area contributed by atoms with E-state index in [-0.39, 0.29) is 23.2 Å². The van der Waals surface area contributed by atoms with E-state index in [9.17, 15) is 13.6 Å². The summed E-state index contributed by atoms with van der Waals surface area (Å²) in [6.45, 7) is 2.44. The molecule has 1 aromatic carbocycles. The lowest BCUT2D eigenvalue weighted by Gasteiger charge is -2.16. The molecule has 0 amide bonds. The number of aromatic nitrogens is 4. The molecule has 1 aliphatic heterocycles. The van der Waals surface area contributed by atoms with Crippen LogP contribution in [0.25, 0.3) is 21.3 Å². The van der Waals surface area contributed by atoms with Gasteiger partial charge in [0.05, 0.1) is 34.8 Å². The van der Waals surface area contributed by atoms with E-state index in [1.54, 1.807) is 28.8 Å². The van der Waals surface area contributed by atoms with E-state index in [4.69, 9.17) is 9.72 Å². The second kappa shape index (κ2) is 9.15. The van der Waals surface area contributed by atoms with Crippen molar-refractivity contribution in [3.8, 4) is 0 Å². The van der Waals surface area contributed by atoms with Gasteiger partial charge in [0, 0.05) is 11.5 Å².